The zero-order chi connectivity index (χ0) is 21.6. The van der Waals surface area contributed by atoms with E-state index >= 15 is 0 Å². The largest absolute Gasteiger partial charge is 0.385 e. The number of benzene rings is 3. The topological polar surface area (TPSA) is 54.0 Å². The van der Waals surface area contributed by atoms with E-state index in [9.17, 15) is 4.79 Å². The van der Waals surface area contributed by atoms with Crippen molar-refractivity contribution in [3.8, 4) is 11.1 Å². The highest BCUT2D eigenvalue weighted by Crippen LogP contribution is 2.26. The monoisotopic (exact) mass is 427 g/mol. The lowest BCUT2D eigenvalue weighted by Gasteiger charge is -2.13. The summed E-state index contributed by atoms with van der Waals surface area (Å²) in [5, 5.41) is 8.48. The fourth-order valence-corrected chi connectivity index (χ4v) is 3.99. The number of thiazole rings is 1. The van der Waals surface area contributed by atoms with Crippen LogP contribution in [0.15, 0.2) is 77.6 Å². The number of hydrogen-bond donors (Lipinski definition) is 2. The minimum atomic E-state index is -0.111. The average Bonchev–Trinajstić information content (AvgIpc) is 3.29. The van der Waals surface area contributed by atoms with Crippen molar-refractivity contribution in [1.29, 1.82) is 0 Å². The summed E-state index contributed by atoms with van der Waals surface area (Å²) in [6.07, 6.45) is 0.886. The van der Waals surface area contributed by atoms with Gasteiger partial charge in [-0.2, -0.15) is 0 Å². The van der Waals surface area contributed by atoms with Crippen molar-refractivity contribution in [1.82, 2.24) is 4.98 Å². The predicted octanol–water partition coefficient (Wildman–Crippen LogP) is 6.33. The molecule has 5 heteroatoms. The maximum absolute atomic E-state index is 13.0. The molecule has 1 aromatic heterocycles. The molecule has 1 heterocycles. The normalized spacial score (nSPS) is 10.6. The minimum absolute atomic E-state index is 0.111. The highest BCUT2D eigenvalue weighted by Gasteiger charge is 2.13. The second-order valence-corrected chi connectivity index (χ2v) is 8.32. The number of carbonyl (C=O) groups excluding carboxylic acids is 1. The third kappa shape index (κ3) is 5.38. The van der Waals surface area contributed by atoms with Gasteiger partial charge < -0.3 is 10.6 Å². The Balaban J connectivity index is 1.44. The van der Waals surface area contributed by atoms with E-state index in [2.05, 4.69) is 58.3 Å². The first-order chi connectivity index (χ1) is 15.1. The van der Waals surface area contributed by atoms with Crippen LogP contribution in [0.1, 0.15) is 27.2 Å². The first-order valence-corrected chi connectivity index (χ1v) is 11.2. The molecule has 0 spiro atoms. The van der Waals surface area contributed by atoms with Crippen molar-refractivity contribution in [3.63, 3.8) is 0 Å². The standard InChI is InChI=1S/C26H25N3OS/c1-18-3-6-20(7-4-18)25-15-19(2)5-12-24(25)26(30)29-22-10-8-21(9-11-22)27-14-13-23-16-31-17-28-23/h3-12,15-17,27H,13-14H2,1-2H3,(H,29,30). The molecule has 0 aliphatic heterocycles. The van der Waals surface area contributed by atoms with Gasteiger partial charge in [-0.25, -0.2) is 4.98 Å². The van der Waals surface area contributed by atoms with E-state index in [0.29, 0.717) is 5.56 Å². The second kappa shape index (κ2) is 9.58. The number of rotatable bonds is 7. The van der Waals surface area contributed by atoms with Gasteiger partial charge in [0.05, 0.1) is 11.2 Å². The van der Waals surface area contributed by atoms with Gasteiger partial charge in [-0.3, -0.25) is 4.79 Å². The average molecular weight is 428 g/mol. The molecule has 4 aromatic rings. The number of aryl methyl sites for hydroxylation is 2. The van der Waals surface area contributed by atoms with Gasteiger partial charge >= 0.3 is 0 Å². The van der Waals surface area contributed by atoms with Crippen LogP contribution in [-0.2, 0) is 6.42 Å². The molecule has 1 amide bonds. The van der Waals surface area contributed by atoms with Gasteiger partial charge in [0, 0.05) is 35.3 Å². The van der Waals surface area contributed by atoms with E-state index < -0.39 is 0 Å². The van der Waals surface area contributed by atoms with Crippen molar-refractivity contribution in [2.75, 3.05) is 17.2 Å². The molecule has 3 aromatic carbocycles. The highest BCUT2D eigenvalue weighted by molar-refractivity contribution is 7.07. The van der Waals surface area contributed by atoms with Gasteiger partial charge in [0.1, 0.15) is 0 Å². The summed E-state index contributed by atoms with van der Waals surface area (Å²) < 4.78 is 0. The molecule has 156 valence electrons. The quantitative estimate of drug-likeness (QED) is 0.362. The summed E-state index contributed by atoms with van der Waals surface area (Å²) in [5.41, 5.74) is 9.71. The van der Waals surface area contributed by atoms with Crippen LogP contribution in [0, 0.1) is 13.8 Å². The Morgan fingerprint density at radius 3 is 2.32 bits per heavy atom. The number of carbonyl (C=O) groups is 1. The molecule has 4 rings (SSSR count). The molecule has 0 aliphatic rings. The van der Waals surface area contributed by atoms with Gasteiger partial charge in [0.15, 0.2) is 0 Å². The summed E-state index contributed by atoms with van der Waals surface area (Å²) >= 11 is 1.61. The molecular weight excluding hydrogens is 402 g/mol. The third-order valence-corrected chi connectivity index (χ3v) is 5.75. The number of hydrogen-bond acceptors (Lipinski definition) is 4. The molecule has 0 aliphatic carbocycles. The summed E-state index contributed by atoms with van der Waals surface area (Å²) in [6.45, 7) is 4.92. The SMILES string of the molecule is Cc1ccc(-c2cc(C)ccc2C(=O)Nc2ccc(NCCc3cscn3)cc2)cc1. The van der Waals surface area contributed by atoms with Crippen molar-refractivity contribution >= 4 is 28.6 Å². The molecule has 0 bridgehead atoms. The molecule has 0 radical (unpaired) electrons. The van der Waals surface area contributed by atoms with Gasteiger partial charge in [0.2, 0.25) is 0 Å². The Labute approximate surface area is 187 Å². The molecule has 31 heavy (non-hydrogen) atoms. The van der Waals surface area contributed by atoms with E-state index in [-0.39, 0.29) is 5.91 Å². The highest BCUT2D eigenvalue weighted by atomic mass is 32.1. The number of anilines is 2. The Hall–Kier alpha value is -3.44. The maximum Gasteiger partial charge on any atom is 0.256 e. The molecule has 0 saturated carbocycles. The molecule has 0 unspecified atom stereocenters. The number of aromatic nitrogens is 1. The summed E-state index contributed by atoms with van der Waals surface area (Å²) in [6, 6.07) is 22.0. The van der Waals surface area contributed by atoms with E-state index in [0.717, 1.165) is 46.7 Å². The van der Waals surface area contributed by atoms with Crippen LogP contribution in [0.3, 0.4) is 0 Å². The number of nitrogens with zero attached hydrogens (tertiary/aromatic N) is 1. The Kier molecular flexibility index (Phi) is 6.43. The minimum Gasteiger partial charge on any atom is -0.385 e. The van der Waals surface area contributed by atoms with Crippen LogP contribution in [0.2, 0.25) is 0 Å². The molecule has 0 fully saturated rings. The summed E-state index contributed by atoms with van der Waals surface area (Å²) in [4.78, 5) is 17.3. The van der Waals surface area contributed by atoms with Gasteiger partial charge in [-0.15, -0.1) is 11.3 Å². The van der Waals surface area contributed by atoms with E-state index in [1.807, 2.05) is 48.8 Å². The molecular formula is C26H25N3OS. The van der Waals surface area contributed by atoms with Crippen molar-refractivity contribution in [3.05, 3.63) is 100 Å². The van der Waals surface area contributed by atoms with Crippen LogP contribution in [-0.4, -0.2) is 17.4 Å². The Morgan fingerprint density at radius 1 is 0.903 bits per heavy atom. The van der Waals surface area contributed by atoms with Crippen LogP contribution in [0.4, 0.5) is 11.4 Å². The van der Waals surface area contributed by atoms with Crippen molar-refractivity contribution in [2.45, 2.75) is 20.3 Å². The van der Waals surface area contributed by atoms with Gasteiger partial charge in [-0.05, 0) is 55.3 Å². The van der Waals surface area contributed by atoms with Gasteiger partial charge in [-0.1, -0.05) is 47.5 Å². The molecule has 0 atom stereocenters. The molecule has 4 nitrogen and oxygen atoms in total. The van der Waals surface area contributed by atoms with Crippen LogP contribution < -0.4 is 10.6 Å². The van der Waals surface area contributed by atoms with Crippen LogP contribution in [0.5, 0.6) is 0 Å². The van der Waals surface area contributed by atoms with Crippen LogP contribution >= 0.6 is 11.3 Å². The summed E-state index contributed by atoms with van der Waals surface area (Å²) in [7, 11) is 0. The first-order valence-electron chi connectivity index (χ1n) is 10.3. The zero-order valence-electron chi connectivity index (χ0n) is 17.7. The number of amides is 1. The maximum atomic E-state index is 13.0. The fourth-order valence-electron chi connectivity index (χ4n) is 3.39. The fraction of sp³-hybridized carbons (Fsp3) is 0.154. The third-order valence-electron chi connectivity index (χ3n) is 5.12. The lowest BCUT2D eigenvalue weighted by atomic mass is 9.96. The van der Waals surface area contributed by atoms with Crippen molar-refractivity contribution < 1.29 is 4.79 Å². The Bertz CT molecular complexity index is 1150. The predicted molar refractivity (Wildman–Crippen MR) is 130 cm³/mol. The van der Waals surface area contributed by atoms with Gasteiger partial charge in [0.25, 0.3) is 5.91 Å². The van der Waals surface area contributed by atoms with E-state index in [1.165, 1.54) is 5.56 Å². The summed E-state index contributed by atoms with van der Waals surface area (Å²) in [5.74, 6) is -0.111. The zero-order valence-corrected chi connectivity index (χ0v) is 18.5. The molecule has 2 N–H and O–H groups in total. The van der Waals surface area contributed by atoms with E-state index in [1.54, 1.807) is 11.3 Å². The second-order valence-electron chi connectivity index (χ2n) is 7.60. The first kappa shape index (κ1) is 20.8. The lowest BCUT2D eigenvalue weighted by molar-refractivity contribution is 0.102. The van der Waals surface area contributed by atoms with Crippen LogP contribution in [0.25, 0.3) is 11.1 Å². The van der Waals surface area contributed by atoms with Crippen molar-refractivity contribution in [2.24, 2.45) is 0 Å². The Morgan fingerprint density at radius 2 is 1.61 bits per heavy atom. The smallest absolute Gasteiger partial charge is 0.256 e. The lowest BCUT2D eigenvalue weighted by Crippen LogP contribution is -2.13. The number of nitrogens with one attached hydrogen (secondary N) is 2. The van der Waals surface area contributed by atoms with E-state index in [4.69, 9.17) is 0 Å². The molecule has 0 saturated heterocycles.